The number of nitrogens with zero attached hydrogens (tertiary/aromatic N) is 2. The third-order valence-electron chi connectivity index (χ3n) is 4.20. The first-order valence-electron chi connectivity index (χ1n) is 8.35. The fourth-order valence-corrected chi connectivity index (χ4v) is 2.87. The average Bonchev–Trinajstić information content (AvgIpc) is 2.83. The van der Waals surface area contributed by atoms with Gasteiger partial charge in [-0.1, -0.05) is 0 Å². The van der Waals surface area contributed by atoms with Crippen LogP contribution in [0.3, 0.4) is 0 Å². The summed E-state index contributed by atoms with van der Waals surface area (Å²) in [5.74, 6) is 1.24. The largest absolute Gasteiger partial charge is 0.497 e. The van der Waals surface area contributed by atoms with Crippen molar-refractivity contribution < 1.29 is 27.4 Å². The van der Waals surface area contributed by atoms with Gasteiger partial charge in [0.1, 0.15) is 11.5 Å². The summed E-state index contributed by atoms with van der Waals surface area (Å²) in [6.07, 6.45) is -3.71. The summed E-state index contributed by atoms with van der Waals surface area (Å²) in [4.78, 5) is 15.2. The lowest BCUT2D eigenvalue weighted by atomic mass is 10.2. The van der Waals surface area contributed by atoms with Gasteiger partial charge < -0.3 is 19.7 Å². The molecule has 1 heterocycles. The number of rotatable bonds is 5. The first-order valence-corrected chi connectivity index (χ1v) is 8.35. The van der Waals surface area contributed by atoms with E-state index in [4.69, 9.17) is 9.47 Å². The highest BCUT2D eigenvalue weighted by atomic mass is 19.4. The quantitative estimate of drug-likeness (QED) is 0.859. The summed E-state index contributed by atoms with van der Waals surface area (Å²) in [5.41, 5.74) is 0.787. The molecule has 0 saturated carbocycles. The molecule has 9 heteroatoms. The molecular weight excluding hydrogens is 351 g/mol. The van der Waals surface area contributed by atoms with Gasteiger partial charge in [0.05, 0.1) is 20.8 Å². The van der Waals surface area contributed by atoms with E-state index in [2.05, 4.69) is 5.32 Å². The lowest BCUT2D eigenvalue weighted by Crippen LogP contribution is -2.42. The first-order chi connectivity index (χ1) is 12.3. The van der Waals surface area contributed by atoms with Crippen LogP contribution in [0.15, 0.2) is 18.2 Å². The minimum absolute atomic E-state index is 0.207. The zero-order chi connectivity index (χ0) is 19.2. The van der Waals surface area contributed by atoms with Crippen LogP contribution in [0.2, 0.25) is 0 Å². The van der Waals surface area contributed by atoms with Crippen molar-refractivity contribution in [2.45, 2.75) is 19.1 Å². The monoisotopic (exact) mass is 375 g/mol. The van der Waals surface area contributed by atoms with Gasteiger partial charge >= 0.3 is 12.2 Å². The fraction of sp³-hybridized carbons (Fsp3) is 0.588. The van der Waals surface area contributed by atoms with Crippen LogP contribution in [-0.2, 0) is 6.54 Å². The Bertz CT molecular complexity index is 611. The van der Waals surface area contributed by atoms with E-state index >= 15 is 0 Å². The van der Waals surface area contributed by atoms with Gasteiger partial charge in [-0.05, 0) is 18.6 Å². The number of hydrogen-bond donors (Lipinski definition) is 1. The normalized spacial score (nSPS) is 16.1. The van der Waals surface area contributed by atoms with E-state index in [9.17, 15) is 18.0 Å². The maximum atomic E-state index is 12.5. The number of ether oxygens (including phenoxy) is 2. The molecule has 0 unspecified atom stereocenters. The summed E-state index contributed by atoms with van der Waals surface area (Å²) in [5, 5.41) is 2.80. The average molecular weight is 375 g/mol. The van der Waals surface area contributed by atoms with Crippen molar-refractivity contribution in [1.82, 2.24) is 15.1 Å². The molecule has 0 aromatic heterocycles. The highest BCUT2D eigenvalue weighted by molar-refractivity contribution is 5.74. The molecule has 6 nitrogen and oxygen atoms in total. The molecule has 0 radical (unpaired) electrons. The van der Waals surface area contributed by atoms with Gasteiger partial charge in [0.2, 0.25) is 0 Å². The Morgan fingerprint density at radius 2 is 1.92 bits per heavy atom. The van der Waals surface area contributed by atoms with Crippen molar-refractivity contribution >= 4 is 6.03 Å². The lowest BCUT2D eigenvalue weighted by molar-refractivity contribution is -0.145. The number of methoxy groups -OCH3 is 2. The number of hydrogen-bond acceptors (Lipinski definition) is 4. The third-order valence-corrected chi connectivity index (χ3v) is 4.20. The molecule has 0 spiro atoms. The maximum Gasteiger partial charge on any atom is 0.401 e. The molecule has 1 aromatic rings. The first kappa shape index (κ1) is 20.2. The second kappa shape index (κ2) is 8.98. The van der Waals surface area contributed by atoms with Gasteiger partial charge in [-0.25, -0.2) is 4.79 Å². The number of carbonyl (C=O) groups is 1. The van der Waals surface area contributed by atoms with Crippen LogP contribution in [-0.4, -0.2) is 69.0 Å². The Hall–Kier alpha value is -2.16. The van der Waals surface area contributed by atoms with Crippen molar-refractivity contribution in [2.75, 3.05) is 46.9 Å². The summed E-state index contributed by atoms with van der Waals surface area (Å²) in [6, 6.07) is 5.00. The van der Waals surface area contributed by atoms with E-state index in [0.717, 1.165) is 5.56 Å². The SMILES string of the molecule is COc1ccc(CNC(=O)N2CCCN(CC(F)(F)F)CC2)c(OC)c1. The standard InChI is InChI=1S/C17H24F3N3O3/c1-25-14-5-4-13(15(10-14)26-2)11-21-16(24)23-7-3-6-22(8-9-23)12-17(18,19)20/h4-5,10H,3,6-9,11-12H2,1-2H3,(H,21,24). The van der Waals surface area contributed by atoms with Crippen molar-refractivity contribution in [3.8, 4) is 11.5 Å². The molecule has 0 aliphatic carbocycles. The topological polar surface area (TPSA) is 54.0 Å². The molecular formula is C17H24F3N3O3. The van der Waals surface area contributed by atoms with Crippen LogP contribution < -0.4 is 14.8 Å². The van der Waals surface area contributed by atoms with Crippen LogP contribution in [0.1, 0.15) is 12.0 Å². The van der Waals surface area contributed by atoms with Gasteiger partial charge in [-0.3, -0.25) is 4.90 Å². The molecule has 2 rings (SSSR count). The highest BCUT2D eigenvalue weighted by Crippen LogP contribution is 2.24. The van der Waals surface area contributed by atoms with Gasteiger partial charge in [-0.15, -0.1) is 0 Å². The van der Waals surface area contributed by atoms with Gasteiger partial charge in [0.25, 0.3) is 0 Å². The van der Waals surface area contributed by atoms with Crippen molar-refractivity contribution in [3.63, 3.8) is 0 Å². The number of nitrogens with one attached hydrogen (secondary N) is 1. The number of alkyl halides is 3. The lowest BCUT2D eigenvalue weighted by Gasteiger charge is -2.23. The minimum Gasteiger partial charge on any atom is -0.497 e. The van der Waals surface area contributed by atoms with Crippen LogP contribution in [0.4, 0.5) is 18.0 Å². The predicted molar refractivity (Wildman–Crippen MR) is 90.5 cm³/mol. The Kier molecular flexibility index (Phi) is 6.96. The summed E-state index contributed by atoms with van der Waals surface area (Å²) >= 11 is 0. The van der Waals surface area contributed by atoms with Crippen molar-refractivity contribution in [2.24, 2.45) is 0 Å². The van der Waals surface area contributed by atoms with E-state index in [-0.39, 0.29) is 25.7 Å². The second-order valence-corrected chi connectivity index (χ2v) is 6.07. The molecule has 0 atom stereocenters. The smallest absolute Gasteiger partial charge is 0.401 e. The van der Waals surface area contributed by atoms with Crippen molar-refractivity contribution in [1.29, 1.82) is 0 Å². The Balaban J connectivity index is 1.88. The third kappa shape index (κ3) is 5.98. The number of benzene rings is 1. The highest BCUT2D eigenvalue weighted by Gasteiger charge is 2.31. The molecule has 26 heavy (non-hydrogen) atoms. The Morgan fingerprint density at radius 1 is 1.15 bits per heavy atom. The number of halogens is 3. The van der Waals surface area contributed by atoms with Crippen LogP contribution >= 0.6 is 0 Å². The molecule has 1 N–H and O–H groups in total. The fourth-order valence-electron chi connectivity index (χ4n) is 2.87. The van der Waals surface area contributed by atoms with E-state index < -0.39 is 12.7 Å². The Morgan fingerprint density at radius 3 is 2.58 bits per heavy atom. The Labute approximate surface area is 150 Å². The van der Waals surface area contributed by atoms with E-state index in [1.807, 2.05) is 0 Å². The van der Waals surface area contributed by atoms with Gasteiger partial charge in [0, 0.05) is 44.4 Å². The molecule has 0 bridgehead atoms. The molecule has 1 aliphatic heterocycles. The minimum atomic E-state index is -4.22. The number of urea groups is 1. The molecule has 146 valence electrons. The maximum absolute atomic E-state index is 12.5. The van der Waals surface area contributed by atoms with Gasteiger partial charge in [-0.2, -0.15) is 13.2 Å². The molecule has 1 saturated heterocycles. The van der Waals surface area contributed by atoms with E-state index in [1.165, 1.54) is 12.0 Å². The van der Waals surface area contributed by atoms with Crippen LogP contribution in [0, 0.1) is 0 Å². The molecule has 1 fully saturated rings. The van der Waals surface area contributed by atoms with Gasteiger partial charge in [0.15, 0.2) is 0 Å². The van der Waals surface area contributed by atoms with Crippen LogP contribution in [0.25, 0.3) is 0 Å². The van der Waals surface area contributed by atoms with Crippen LogP contribution in [0.5, 0.6) is 11.5 Å². The molecule has 2 amide bonds. The summed E-state index contributed by atoms with van der Waals surface area (Å²) in [7, 11) is 3.09. The van der Waals surface area contributed by atoms with Crippen molar-refractivity contribution in [3.05, 3.63) is 23.8 Å². The van der Waals surface area contributed by atoms with E-state index in [1.54, 1.807) is 30.2 Å². The number of carbonyl (C=O) groups excluding carboxylic acids is 1. The molecule has 1 aromatic carbocycles. The molecule has 1 aliphatic rings. The zero-order valence-electron chi connectivity index (χ0n) is 14.9. The number of amides is 2. The zero-order valence-corrected chi connectivity index (χ0v) is 14.9. The predicted octanol–water partition coefficient (Wildman–Crippen LogP) is 2.48. The summed E-state index contributed by atoms with van der Waals surface area (Å²) < 4.78 is 47.9. The summed E-state index contributed by atoms with van der Waals surface area (Å²) in [6.45, 7) is 0.552. The van der Waals surface area contributed by atoms with E-state index in [0.29, 0.717) is 31.0 Å². The second-order valence-electron chi connectivity index (χ2n) is 6.07.